The van der Waals surface area contributed by atoms with Crippen molar-refractivity contribution in [3.8, 4) is 0 Å². The zero-order valence-electron chi connectivity index (χ0n) is 11.9. The molecule has 1 saturated heterocycles. The Kier molecular flexibility index (Phi) is 4.87. The molecule has 1 spiro atoms. The Morgan fingerprint density at radius 2 is 2.16 bits per heavy atom. The first-order chi connectivity index (χ1) is 8.91. The zero-order valence-corrected chi connectivity index (χ0v) is 12.8. The minimum atomic E-state index is -3.21. The molecule has 2 rings (SSSR count). The third kappa shape index (κ3) is 4.41. The largest absolute Gasteiger partial charge is 0.378 e. The minimum absolute atomic E-state index is 0.0576. The van der Waals surface area contributed by atoms with Crippen LogP contribution in [0.2, 0.25) is 0 Å². The van der Waals surface area contributed by atoms with E-state index in [0.29, 0.717) is 0 Å². The van der Waals surface area contributed by atoms with E-state index in [1.165, 1.54) is 19.3 Å². The first kappa shape index (κ1) is 15.2. The second kappa shape index (κ2) is 6.08. The van der Waals surface area contributed by atoms with E-state index in [0.717, 1.165) is 19.4 Å². The zero-order chi connectivity index (χ0) is 13.9. The fraction of sp³-hybridized carbons (Fsp3) is 1.00. The summed E-state index contributed by atoms with van der Waals surface area (Å²) >= 11 is 0. The highest BCUT2D eigenvalue weighted by atomic mass is 32.2. The predicted octanol–water partition coefficient (Wildman–Crippen LogP) is 1.01. The molecule has 5 nitrogen and oxygen atoms in total. The Morgan fingerprint density at radius 1 is 1.42 bits per heavy atom. The van der Waals surface area contributed by atoms with Gasteiger partial charge in [0.25, 0.3) is 0 Å². The Morgan fingerprint density at radius 3 is 2.74 bits per heavy atom. The molecule has 1 atom stereocenters. The maximum Gasteiger partial charge on any atom is 0.214 e. The molecular weight excluding hydrogens is 264 g/mol. The average Bonchev–Trinajstić information content (AvgIpc) is 2.25. The molecule has 2 fully saturated rings. The van der Waals surface area contributed by atoms with Gasteiger partial charge in [0.1, 0.15) is 0 Å². The molecule has 1 saturated carbocycles. The van der Waals surface area contributed by atoms with Crippen LogP contribution in [-0.2, 0) is 14.8 Å². The van der Waals surface area contributed by atoms with Gasteiger partial charge >= 0.3 is 0 Å². The lowest BCUT2D eigenvalue weighted by Gasteiger charge is -2.48. The molecule has 1 unspecified atom stereocenters. The Labute approximate surface area is 116 Å². The summed E-state index contributed by atoms with van der Waals surface area (Å²) in [7, 11) is -3.21. The van der Waals surface area contributed by atoms with Gasteiger partial charge in [-0.25, -0.2) is 13.1 Å². The minimum Gasteiger partial charge on any atom is -0.378 e. The summed E-state index contributed by atoms with van der Waals surface area (Å²) in [4.78, 5) is 0. The van der Waals surface area contributed by atoms with Gasteiger partial charge in [0, 0.05) is 11.6 Å². The van der Waals surface area contributed by atoms with Crippen molar-refractivity contribution in [3.63, 3.8) is 0 Å². The van der Waals surface area contributed by atoms with Crippen molar-refractivity contribution in [3.05, 3.63) is 0 Å². The van der Waals surface area contributed by atoms with Crippen molar-refractivity contribution in [1.82, 2.24) is 10.0 Å². The number of sulfonamides is 1. The van der Waals surface area contributed by atoms with Crippen LogP contribution in [0.3, 0.4) is 0 Å². The number of ether oxygens (including phenoxy) is 1. The van der Waals surface area contributed by atoms with Gasteiger partial charge < -0.3 is 10.1 Å². The maximum atomic E-state index is 12.0. The van der Waals surface area contributed by atoms with Crippen molar-refractivity contribution in [2.24, 2.45) is 0 Å². The van der Waals surface area contributed by atoms with E-state index in [-0.39, 0.29) is 30.0 Å². The van der Waals surface area contributed by atoms with Crippen LogP contribution in [-0.4, -0.2) is 45.0 Å². The summed E-state index contributed by atoms with van der Waals surface area (Å²) in [5.74, 6) is 0.0576. The van der Waals surface area contributed by atoms with Crippen LogP contribution < -0.4 is 10.0 Å². The van der Waals surface area contributed by atoms with Crippen LogP contribution in [0.1, 0.15) is 46.0 Å². The highest BCUT2D eigenvalue weighted by molar-refractivity contribution is 7.89. The quantitative estimate of drug-likeness (QED) is 0.766. The third-order valence-electron chi connectivity index (χ3n) is 4.09. The molecule has 19 heavy (non-hydrogen) atoms. The summed E-state index contributed by atoms with van der Waals surface area (Å²) in [5.41, 5.74) is 0.222. The number of hydrogen-bond acceptors (Lipinski definition) is 4. The van der Waals surface area contributed by atoms with Crippen LogP contribution in [0.15, 0.2) is 0 Å². The number of nitrogens with one attached hydrogen (secondary N) is 2. The predicted molar refractivity (Wildman–Crippen MR) is 75.6 cm³/mol. The average molecular weight is 290 g/mol. The summed E-state index contributed by atoms with van der Waals surface area (Å²) in [6.07, 6.45) is 5.51. The lowest BCUT2D eigenvalue weighted by atomic mass is 9.70. The summed E-state index contributed by atoms with van der Waals surface area (Å²) in [5, 5.41) is 3.55. The second-order valence-electron chi connectivity index (χ2n) is 6.11. The first-order valence-corrected chi connectivity index (χ1v) is 8.93. The SMILES string of the molecule is CC(C)OCCS(=O)(=O)NC1CCNC2(CCC2)C1. The molecule has 1 heterocycles. The lowest BCUT2D eigenvalue weighted by molar-refractivity contribution is 0.0909. The van der Waals surface area contributed by atoms with Gasteiger partial charge in [-0.3, -0.25) is 0 Å². The van der Waals surface area contributed by atoms with Gasteiger partial charge in [-0.05, 0) is 52.5 Å². The lowest BCUT2D eigenvalue weighted by Crippen LogP contribution is -2.59. The highest BCUT2D eigenvalue weighted by Gasteiger charge is 2.41. The van der Waals surface area contributed by atoms with E-state index in [2.05, 4.69) is 10.0 Å². The smallest absolute Gasteiger partial charge is 0.214 e. The molecule has 0 aromatic carbocycles. The number of hydrogen-bond donors (Lipinski definition) is 2. The summed E-state index contributed by atoms with van der Waals surface area (Å²) in [6, 6.07) is 0.0885. The highest BCUT2D eigenvalue weighted by Crippen LogP contribution is 2.38. The van der Waals surface area contributed by atoms with Crippen molar-refractivity contribution < 1.29 is 13.2 Å². The van der Waals surface area contributed by atoms with Crippen molar-refractivity contribution in [2.45, 2.75) is 63.6 Å². The second-order valence-corrected chi connectivity index (χ2v) is 7.98. The molecule has 0 bridgehead atoms. The van der Waals surface area contributed by atoms with Crippen molar-refractivity contribution in [2.75, 3.05) is 18.9 Å². The molecule has 2 aliphatic rings. The molecule has 6 heteroatoms. The molecule has 2 N–H and O–H groups in total. The molecular formula is C13H26N2O3S. The van der Waals surface area contributed by atoms with Gasteiger partial charge in [-0.2, -0.15) is 0 Å². The fourth-order valence-electron chi connectivity index (χ4n) is 2.95. The first-order valence-electron chi connectivity index (χ1n) is 7.27. The van der Waals surface area contributed by atoms with Crippen LogP contribution in [0, 0.1) is 0 Å². The van der Waals surface area contributed by atoms with E-state index in [1.807, 2.05) is 13.8 Å². The van der Waals surface area contributed by atoms with Crippen molar-refractivity contribution in [1.29, 1.82) is 0 Å². The molecule has 112 valence electrons. The molecule has 0 aromatic rings. The molecule has 0 amide bonds. The molecule has 0 radical (unpaired) electrons. The molecule has 0 aromatic heterocycles. The van der Waals surface area contributed by atoms with Gasteiger partial charge in [-0.15, -0.1) is 0 Å². The van der Waals surface area contributed by atoms with Gasteiger partial charge in [0.15, 0.2) is 0 Å². The number of piperidine rings is 1. The topological polar surface area (TPSA) is 67.4 Å². The van der Waals surface area contributed by atoms with E-state index in [1.54, 1.807) is 0 Å². The van der Waals surface area contributed by atoms with E-state index in [4.69, 9.17) is 4.74 Å². The van der Waals surface area contributed by atoms with Crippen LogP contribution >= 0.6 is 0 Å². The van der Waals surface area contributed by atoms with Crippen LogP contribution in [0.4, 0.5) is 0 Å². The Balaban J connectivity index is 1.79. The van der Waals surface area contributed by atoms with E-state index in [9.17, 15) is 8.42 Å². The van der Waals surface area contributed by atoms with Crippen molar-refractivity contribution >= 4 is 10.0 Å². The summed E-state index contributed by atoms with van der Waals surface area (Å²) in [6.45, 7) is 5.00. The molecule has 1 aliphatic carbocycles. The van der Waals surface area contributed by atoms with Crippen LogP contribution in [0.25, 0.3) is 0 Å². The van der Waals surface area contributed by atoms with Gasteiger partial charge in [0.2, 0.25) is 10.0 Å². The number of rotatable bonds is 6. The normalized spacial score (nSPS) is 26.6. The fourth-order valence-corrected chi connectivity index (χ4v) is 4.09. The third-order valence-corrected chi connectivity index (χ3v) is 5.49. The monoisotopic (exact) mass is 290 g/mol. The van der Waals surface area contributed by atoms with Gasteiger partial charge in [0.05, 0.1) is 18.5 Å². The van der Waals surface area contributed by atoms with Gasteiger partial charge in [-0.1, -0.05) is 0 Å². The Hall–Kier alpha value is -0.170. The standard InChI is InChI=1S/C13H26N2O3S/c1-11(2)18-8-9-19(16,17)15-12-4-7-14-13(10-12)5-3-6-13/h11-12,14-15H,3-10H2,1-2H3. The van der Waals surface area contributed by atoms with Crippen LogP contribution in [0.5, 0.6) is 0 Å². The summed E-state index contributed by atoms with van der Waals surface area (Å²) < 4.78 is 32.1. The van der Waals surface area contributed by atoms with E-state index < -0.39 is 10.0 Å². The molecule has 1 aliphatic heterocycles. The van der Waals surface area contributed by atoms with E-state index >= 15 is 0 Å². The Bertz CT molecular complexity index is 391. The maximum absolute atomic E-state index is 12.0.